The molecule has 1 N–H and O–H groups in total. The number of nitrogens with zero attached hydrogens (tertiary/aromatic N) is 4. The van der Waals surface area contributed by atoms with Crippen LogP contribution in [0.3, 0.4) is 0 Å². The van der Waals surface area contributed by atoms with E-state index >= 15 is 0 Å². The van der Waals surface area contributed by atoms with E-state index in [1.165, 1.54) is 44.5 Å². The Kier molecular flexibility index (Phi) is 3.60. The van der Waals surface area contributed by atoms with Crippen LogP contribution in [0, 0.1) is 0 Å². The van der Waals surface area contributed by atoms with Gasteiger partial charge in [0.05, 0.1) is 0 Å². The summed E-state index contributed by atoms with van der Waals surface area (Å²) in [6, 6.07) is 4.26. The fourth-order valence-electron chi connectivity index (χ4n) is 3.55. The second-order valence-corrected chi connectivity index (χ2v) is 5.66. The molecule has 4 heterocycles. The first kappa shape index (κ1) is 13.7. The zero-order chi connectivity index (χ0) is 12.7. The van der Waals surface area contributed by atoms with Crippen LogP contribution in [-0.4, -0.2) is 44.7 Å². The van der Waals surface area contributed by atoms with Crippen molar-refractivity contribution in [1.29, 1.82) is 0 Å². The van der Waals surface area contributed by atoms with E-state index in [1.54, 1.807) is 6.33 Å². The second kappa shape index (κ2) is 5.26. The molecule has 0 saturated carbocycles. The molecule has 0 aromatic carbocycles. The molecule has 2 fully saturated rings. The first-order valence-electron chi connectivity index (χ1n) is 6.91. The van der Waals surface area contributed by atoms with Crippen LogP contribution >= 0.6 is 17.0 Å². The summed E-state index contributed by atoms with van der Waals surface area (Å²) >= 11 is 0. The van der Waals surface area contributed by atoms with Crippen LogP contribution in [0.5, 0.6) is 0 Å². The summed E-state index contributed by atoms with van der Waals surface area (Å²) in [6.07, 6.45) is 7.49. The minimum absolute atomic E-state index is 0. The van der Waals surface area contributed by atoms with E-state index < -0.39 is 0 Å². The molecule has 2 bridgehead atoms. The Balaban J connectivity index is 0.00000121. The number of piperidine rings is 1. The maximum absolute atomic E-state index is 4.54. The Morgan fingerprint density at radius 1 is 1.15 bits per heavy atom. The number of fused-ring (bicyclic) bond motifs is 2. The van der Waals surface area contributed by atoms with Crippen molar-refractivity contribution in [2.75, 3.05) is 19.6 Å². The van der Waals surface area contributed by atoms with E-state index in [9.17, 15) is 0 Å². The average Bonchev–Trinajstić information content (AvgIpc) is 3.09. The molecule has 20 heavy (non-hydrogen) atoms. The molecule has 0 radical (unpaired) electrons. The fourth-order valence-corrected chi connectivity index (χ4v) is 3.55. The molecule has 2 atom stereocenters. The number of hydrogen-bond donors (Lipinski definition) is 1. The van der Waals surface area contributed by atoms with E-state index in [0.717, 1.165) is 5.69 Å². The van der Waals surface area contributed by atoms with Gasteiger partial charge >= 0.3 is 0 Å². The van der Waals surface area contributed by atoms with Crippen molar-refractivity contribution in [2.24, 2.45) is 0 Å². The smallest absolute Gasteiger partial charge is 0.199 e. The van der Waals surface area contributed by atoms with Gasteiger partial charge in [-0.3, -0.25) is 10.1 Å². The third kappa shape index (κ3) is 2.16. The lowest BCUT2D eigenvalue weighted by Crippen LogP contribution is -2.36. The van der Waals surface area contributed by atoms with Gasteiger partial charge in [-0.2, -0.15) is 5.10 Å². The van der Waals surface area contributed by atoms with Gasteiger partial charge in [0.2, 0.25) is 0 Å². The zero-order valence-electron chi connectivity index (χ0n) is 11.2. The van der Waals surface area contributed by atoms with Crippen LogP contribution in [0.4, 0.5) is 0 Å². The van der Waals surface area contributed by atoms with E-state index in [-0.39, 0.29) is 17.0 Å². The molecule has 2 aliphatic rings. The minimum atomic E-state index is 0. The summed E-state index contributed by atoms with van der Waals surface area (Å²) in [5, 5.41) is 6.79. The van der Waals surface area contributed by atoms with E-state index in [1.807, 2.05) is 12.3 Å². The predicted molar refractivity (Wildman–Crippen MR) is 81.9 cm³/mol. The molecule has 106 valence electrons. The van der Waals surface area contributed by atoms with Crippen LogP contribution in [0.1, 0.15) is 24.8 Å². The van der Waals surface area contributed by atoms with Gasteiger partial charge in [0.25, 0.3) is 0 Å². The van der Waals surface area contributed by atoms with Crippen LogP contribution in [0.15, 0.2) is 24.7 Å². The van der Waals surface area contributed by atoms with Crippen molar-refractivity contribution in [1.82, 2.24) is 25.1 Å². The highest BCUT2D eigenvalue weighted by Crippen LogP contribution is 2.41. The number of nitrogens with one attached hydrogen (secondary N) is 1. The Labute approximate surface area is 128 Å². The van der Waals surface area contributed by atoms with Crippen molar-refractivity contribution < 1.29 is 0 Å². The highest BCUT2D eigenvalue weighted by Gasteiger charge is 2.42. The zero-order valence-corrected chi connectivity index (χ0v) is 13.0. The molecule has 5 nitrogen and oxygen atoms in total. The minimum Gasteiger partial charge on any atom is -0.302 e. The Hall–Kier alpha value is -1.27. The summed E-state index contributed by atoms with van der Waals surface area (Å²) in [4.78, 5) is 11.3. The molecule has 2 aromatic heterocycles. The van der Waals surface area contributed by atoms with Gasteiger partial charge in [0.1, 0.15) is 12.0 Å². The fraction of sp³-hybridized carbons (Fsp3) is 0.500. The number of halogens is 1. The lowest BCUT2D eigenvalue weighted by molar-refractivity contribution is 0.243. The van der Waals surface area contributed by atoms with Gasteiger partial charge in [-0.1, -0.05) is 6.07 Å². The molecule has 4 rings (SSSR count). The number of H-pyrrole nitrogens is 1. The van der Waals surface area contributed by atoms with Gasteiger partial charge in [0.15, 0.2) is 5.82 Å². The molecular weight excluding hydrogens is 318 g/mol. The van der Waals surface area contributed by atoms with Gasteiger partial charge < -0.3 is 4.90 Å². The number of rotatable bonds is 2. The van der Waals surface area contributed by atoms with Crippen LogP contribution < -0.4 is 0 Å². The van der Waals surface area contributed by atoms with Crippen molar-refractivity contribution >= 4 is 17.0 Å². The summed E-state index contributed by atoms with van der Waals surface area (Å²) < 4.78 is 0. The highest BCUT2D eigenvalue weighted by atomic mass is 79.9. The Morgan fingerprint density at radius 3 is 2.85 bits per heavy atom. The molecule has 2 aromatic rings. The quantitative estimate of drug-likeness (QED) is 0.913. The molecule has 6 heteroatoms. The standard InChI is InChI=1S/C14H17N5.BrH/c1-4-14(5-7-19(6-1)9-14)11-2-3-12(15-8-11)13-16-10-17-18-13;/h2-3,8,10H,1,4-7,9H2,(H,16,17,18);1H. The molecule has 0 spiro atoms. The van der Waals surface area contributed by atoms with Gasteiger partial charge in [-0.15, -0.1) is 17.0 Å². The van der Waals surface area contributed by atoms with Gasteiger partial charge in [-0.05, 0) is 44.0 Å². The van der Waals surface area contributed by atoms with Crippen LogP contribution in [0.25, 0.3) is 11.5 Å². The Bertz CT molecular complexity index is 564. The molecular formula is C14H18BrN5. The molecule has 2 saturated heterocycles. The van der Waals surface area contributed by atoms with Crippen molar-refractivity contribution in [3.05, 3.63) is 30.2 Å². The summed E-state index contributed by atoms with van der Waals surface area (Å²) in [7, 11) is 0. The molecule has 0 amide bonds. The molecule has 0 aliphatic carbocycles. The number of pyridine rings is 1. The summed E-state index contributed by atoms with van der Waals surface area (Å²) in [6.45, 7) is 3.71. The highest BCUT2D eigenvalue weighted by molar-refractivity contribution is 8.93. The summed E-state index contributed by atoms with van der Waals surface area (Å²) in [5.74, 6) is 0.667. The van der Waals surface area contributed by atoms with Crippen molar-refractivity contribution in [2.45, 2.75) is 24.7 Å². The number of aromatic nitrogens is 4. The average molecular weight is 336 g/mol. The largest absolute Gasteiger partial charge is 0.302 e. The monoisotopic (exact) mass is 335 g/mol. The van der Waals surface area contributed by atoms with Gasteiger partial charge in [-0.25, -0.2) is 4.98 Å². The number of aromatic amines is 1. The third-order valence-corrected chi connectivity index (χ3v) is 4.58. The van der Waals surface area contributed by atoms with E-state index in [2.05, 4.69) is 31.1 Å². The lowest BCUT2D eigenvalue weighted by Gasteiger charge is -2.34. The SMILES string of the molecule is Br.c1nc(-c2ccc(C34CCCN(CC3)C4)cn2)n[nH]1. The van der Waals surface area contributed by atoms with Crippen molar-refractivity contribution in [3.8, 4) is 11.5 Å². The Morgan fingerprint density at radius 2 is 2.10 bits per heavy atom. The topological polar surface area (TPSA) is 57.7 Å². The lowest BCUT2D eigenvalue weighted by atomic mass is 9.75. The maximum atomic E-state index is 4.54. The summed E-state index contributed by atoms with van der Waals surface area (Å²) in [5.41, 5.74) is 2.57. The molecule has 2 unspecified atom stereocenters. The first-order chi connectivity index (χ1) is 9.36. The van der Waals surface area contributed by atoms with Crippen molar-refractivity contribution in [3.63, 3.8) is 0 Å². The van der Waals surface area contributed by atoms with E-state index in [0.29, 0.717) is 11.2 Å². The van der Waals surface area contributed by atoms with Crippen LogP contribution in [0.2, 0.25) is 0 Å². The second-order valence-electron chi connectivity index (χ2n) is 5.66. The van der Waals surface area contributed by atoms with E-state index in [4.69, 9.17) is 0 Å². The molecule has 2 aliphatic heterocycles. The normalized spacial score (nSPS) is 28.1. The maximum Gasteiger partial charge on any atom is 0.199 e. The third-order valence-electron chi connectivity index (χ3n) is 4.58. The van der Waals surface area contributed by atoms with Gasteiger partial charge in [0, 0.05) is 18.2 Å². The number of hydrogen-bond acceptors (Lipinski definition) is 4. The first-order valence-corrected chi connectivity index (χ1v) is 6.91. The predicted octanol–water partition coefficient (Wildman–Crippen LogP) is 2.18. The van der Waals surface area contributed by atoms with Crippen LogP contribution in [-0.2, 0) is 5.41 Å².